The molecule has 9 nitrogen and oxygen atoms in total. The van der Waals surface area contributed by atoms with Crippen molar-refractivity contribution in [2.45, 2.75) is 399 Å². The van der Waals surface area contributed by atoms with E-state index < -0.39 is 20.0 Å². The van der Waals surface area contributed by atoms with Crippen LogP contribution in [-0.2, 0) is 27.9 Å². The summed E-state index contributed by atoms with van der Waals surface area (Å²) in [6.07, 6.45) is 95.1. The van der Waals surface area contributed by atoms with Crippen molar-refractivity contribution in [3.8, 4) is 0 Å². The van der Waals surface area contributed by atoms with E-state index in [0.29, 0.717) is 23.9 Å². The molecule has 0 rings (SSSR count). The standard InChI is InChI=1S/C82H153N2O7P/c1-7-10-13-16-19-22-25-28-30-32-34-36-38-40-42-44-46-48-50-52-54-56-59-62-65-68-71-74-81(85)83-79(78-90-92(87,88)89-77-76-84(4,5)6)80(73-70-67-64-61-58-27-24-21-18-15-12-9-3)91-82(86)75-72-69-66-63-60-57-55-53-51-49-47-45-43-41-39-37-35-33-31-29-26-23-20-17-14-11-8-2/h19-20,22-23,28-31,35,37,70,73,79-80H,7-18,21,24-27,32-34,36,38-69,71-72,74-78H2,1-6H3,(H-,83,85,87,88)/p+1/b22-19-,23-20-,30-28-,31-29-,37-35-,73-70+. The molecule has 0 radical (unpaired) electrons. The summed E-state index contributed by atoms with van der Waals surface area (Å²) in [5.41, 5.74) is 0. The van der Waals surface area contributed by atoms with Crippen molar-refractivity contribution in [2.75, 3.05) is 40.9 Å². The molecule has 0 spiro atoms. The number of hydrogen-bond donors (Lipinski definition) is 2. The largest absolute Gasteiger partial charge is 0.472 e. The van der Waals surface area contributed by atoms with E-state index in [1.54, 1.807) is 0 Å². The molecule has 0 aromatic carbocycles. The Bertz CT molecular complexity index is 1800. The number of unbranched alkanes of at least 4 members (excludes halogenated alkanes) is 47. The van der Waals surface area contributed by atoms with Crippen molar-refractivity contribution >= 4 is 19.7 Å². The van der Waals surface area contributed by atoms with Crippen LogP contribution in [0.5, 0.6) is 0 Å². The van der Waals surface area contributed by atoms with Crippen LogP contribution in [0.1, 0.15) is 387 Å². The lowest BCUT2D eigenvalue weighted by molar-refractivity contribution is -0.870. The molecule has 0 aliphatic rings. The highest BCUT2D eigenvalue weighted by molar-refractivity contribution is 7.47. The second-order valence-corrected chi connectivity index (χ2v) is 29.7. The first-order valence-corrected chi connectivity index (χ1v) is 41.3. The van der Waals surface area contributed by atoms with Crippen LogP contribution in [0.2, 0.25) is 0 Å². The molecule has 3 unspecified atom stereocenters. The minimum Gasteiger partial charge on any atom is -0.456 e. The first-order valence-electron chi connectivity index (χ1n) is 39.8. The summed E-state index contributed by atoms with van der Waals surface area (Å²) < 4.78 is 30.9. The van der Waals surface area contributed by atoms with Crippen LogP contribution in [0.4, 0.5) is 0 Å². The smallest absolute Gasteiger partial charge is 0.456 e. The van der Waals surface area contributed by atoms with Gasteiger partial charge >= 0.3 is 13.8 Å². The molecule has 538 valence electrons. The zero-order valence-electron chi connectivity index (χ0n) is 61.8. The minimum absolute atomic E-state index is 0.0406. The highest BCUT2D eigenvalue weighted by Crippen LogP contribution is 2.43. The molecule has 0 aliphatic carbocycles. The highest BCUT2D eigenvalue weighted by atomic mass is 31.2. The van der Waals surface area contributed by atoms with Crippen molar-refractivity contribution in [3.63, 3.8) is 0 Å². The predicted octanol–water partition coefficient (Wildman–Crippen LogP) is 25.9. The van der Waals surface area contributed by atoms with E-state index in [9.17, 15) is 19.0 Å². The fourth-order valence-corrected chi connectivity index (χ4v) is 12.5. The molecule has 0 aromatic heterocycles. The molecule has 1 amide bonds. The summed E-state index contributed by atoms with van der Waals surface area (Å²) >= 11 is 0. The number of nitrogens with zero attached hydrogens (tertiary/aromatic N) is 1. The third kappa shape index (κ3) is 71.7. The molecule has 0 fully saturated rings. The number of phosphoric ester groups is 1. The average Bonchev–Trinajstić information content (AvgIpc) is 3.72. The molecule has 0 heterocycles. The van der Waals surface area contributed by atoms with Gasteiger partial charge in [-0.3, -0.25) is 18.6 Å². The van der Waals surface area contributed by atoms with Crippen molar-refractivity contribution in [2.24, 2.45) is 0 Å². The summed E-state index contributed by atoms with van der Waals surface area (Å²) in [5, 5.41) is 3.09. The lowest BCUT2D eigenvalue weighted by Crippen LogP contribution is -2.47. The van der Waals surface area contributed by atoms with Crippen molar-refractivity contribution in [1.29, 1.82) is 0 Å². The summed E-state index contributed by atoms with van der Waals surface area (Å²) in [6.45, 7) is 7.02. The number of amides is 1. The summed E-state index contributed by atoms with van der Waals surface area (Å²) in [7, 11) is 1.51. The topological polar surface area (TPSA) is 111 Å². The van der Waals surface area contributed by atoms with Gasteiger partial charge < -0.3 is 19.4 Å². The molecule has 0 saturated carbocycles. The maximum absolute atomic E-state index is 13.7. The van der Waals surface area contributed by atoms with Crippen LogP contribution >= 0.6 is 7.82 Å². The number of nitrogens with one attached hydrogen (secondary N) is 1. The van der Waals surface area contributed by atoms with E-state index in [2.05, 4.69) is 92.9 Å². The minimum atomic E-state index is -4.46. The van der Waals surface area contributed by atoms with E-state index in [-0.39, 0.29) is 25.1 Å². The molecule has 92 heavy (non-hydrogen) atoms. The quantitative estimate of drug-likeness (QED) is 0.0205. The van der Waals surface area contributed by atoms with Crippen molar-refractivity contribution < 1.29 is 37.3 Å². The van der Waals surface area contributed by atoms with Gasteiger partial charge in [0.25, 0.3) is 0 Å². The van der Waals surface area contributed by atoms with Gasteiger partial charge in [0.2, 0.25) is 5.91 Å². The Hall–Kier alpha value is -2.55. The van der Waals surface area contributed by atoms with Crippen LogP contribution in [0.25, 0.3) is 0 Å². The first-order chi connectivity index (χ1) is 44.9. The van der Waals surface area contributed by atoms with E-state index >= 15 is 0 Å². The number of phosphoric acid groups is 1. The van der Waals surface area contributed by atoms with Gasteiger partial charge in [-0.05, 0) is 102 Å². The summed E-state index contributed by atoms with van der Waals surface area (Å²) in [5.74, 6) is -0.489. The third-order valence-corrected chi connectivity index (χ3v) is 18.9. The summed E-state index contributed by atoms with van der Waals surface area (Å²) in [6, 6.07) is -0.850. The van der Waals surface area contributed by atoms with E-state index in [1.165, 1.54) is 276 Å². The van der Waals surface area contributed by atoms with Gasteiger partial charge in [0.1, 0.15) is 19.3 Å². The number of allylic oxidation sites excluding steroid dienone is 11. The highest BCUT2D eigenvalue weighted by Gasteiger charge is 2.30. The maximum atomic E-state index is 13.7. The molecule has 0 saturated heterocycles. The number of likely N-dealkylation sites (N-methyl/N-ethyl adjacent to an activating group) is 1. The zero-order valence-corrected chi connectivity index (χ0v) is 62.7. The Balaban J connectivity index is 4.90. The lowest BCUT2D eigenvalue weighted by atomic mass is 10.0. The Morgan fingerprint density at radius 2 is 0.663 bits per heavy atom. The van der Waals surface area contributed by atoms with E-state index in [0.717, 1.165) is 77.0 Å². The molecular weight excluding hydrogens is 1160 g/mol. The number of quaternary nitrogens is 1. The van der Waals surface area contributed by atoms with Crippen LogP contribution < -0.4 is 5.32 Å². The number of rotatable bonds is 73. The Kier molecular flexibility index (Phi) is 69.3. The first kappa shape index (κ1) is 89.5. The Labute approximate surface area is 572 Å². The van der Waals surface area contributed by atoms with Crippen LogP contribution in [-0.4, -0.2) is 74.3 Å². The van der Waals surface area contributed by atoms with Crippen LogP contribution in [0.3, 0.4) is 0 Å². The Morgan fingerprint density at radius 1 is 0.380 bits per heavy atom. The molecule has 0 bridgehead atoms. The average molecular weight is 1310 g/mol. The monoisotopic (exact) mass is 1310 g/mol. The fraction of sp³-hybridized carbons (Fsp3) is 0.829. The van der Waals surface area contributed by atoms with Gasteiger partial charge in [-0.2, -0.15) is 0 Å². The number of carbonyl (C=O) groups is 2. The van der Waals surface area contributed by atoms with Gasteiger partial charge in [0.15, 0.2) is 0 Å². The summed E-state index contributed by atoms with van der Waals surface area (Å²) in [4.78, 5) is 38.0. The molecule has 2 N–H and O–H groups in total. The van der Waals surface area contributed by atoms with Gasteiger partial charge in [-0.15, -0.1) is 0 Å². The zero-order chi connectivity index (χ0) is 67.0. The van der Waals surface area contributed by atoms with Crippen LogP contribution in [0, 0.1) is 0 Å². The van der Waals surface area contributed by atoms with Gasteiger partial charge in [-0.1, -0.05) is 344 Å². The number of carbonyl (C=O) groups excluding carboxylic acids is 2. The molecule has 0 aliphatic heterocycles. The Morgan fingerprint density at radius 3 is 1.01 bits per heavy atom. The normalized spacial score (nSPS) is 13.8. The number of hydrogen-bond acceptors (Lipinski definition) is 6. The lowest BCUT2D eigenvalue weighted by Gasteiger charge is -2.27. The van der Waals surface area contributed by atoms with E-state index in [1.807, 2.05) is 27.2 Å². The fourth-order valence-electron chi connectivity index (χ4n) is 11.7. The van der Waals surface area contributed by atoms with Gasteiger partial charge in [0.05, 0.1) is 33.8 Å². The van der Waals surface area contributed by atoms with Crippen LogP contribution in [0.15, 0.2) is 72.9 Å². The van der Waals surface area contributed by atoms with Gasteiger partial charge in [0, 0.05) is 12.8 Å². The maximum Gasteiger partial charge on any atom is 0.472 e. The number of esters is 1. The molecular formula is C82H154N2O7P+. The second kappa shape index (κ2) is 71.2. The van der Waals surface area contributed by atoms with Crippen molar-refractivity contribution in [1.82, 2.24) is 5.32 Å². The van der Waals surface area contributed by atoms with Crippen molar-refractivity contribution in [3.05, 3.63) is 72.9 Å². The van der Waals surface area contributed by atoms with E-state index in [4.69, 9.17) is 13.8 Å². The second-order valence-electron chi connectivity index (χ2n) is 28.2. The molecule has 3 atom stereocenters. The number of ether oxygens (including phenoxy) is 1. The third-order valence-electron chi connectivity index (χ3n) is 17.9. The molecule has 10 heteroatoms. The molecule has 0 aromatic rings. The predicted molar refractivity (Wildman–Crippen MR) is 401 cm³/mol. The SMILES string of the molecule is CCCCC/C=C\C/C=C\C/C=C\CCCCCCCCCCCCCCCCC(=O)OC(/C=C/CCCCCCCCCCCC)C(COP(=O)(O)OCC[N+](C)(C)C)NC(=O)CCCCCCCCCCCCCCCCCCC/C=C\C/C=C\CCCCC. The van der Waals surface area contributed by atoms with Gasteiger partial charge in [-0.25, -0.2) is 4.57 Å².